The Morgan fingerprint density at radius 3 is 2.84 bits per heavy atom. The Labute approximate surface area is 147 Å². The number of aryl methyl sites for hydroxylation is 1. The molecule has 2 aliphatic heterocycles. The van der Waals surface area contributed by atoms with E-state index in [0.29, 0.717) is 11.9 Å². The molecule has 2 amide bonds. The first-order valence-electron chi connectivity index (χ1n) is 8.94. The van der Waals surface area contributed by atoms with Crippen LogP contribution >= 0.6 is 0 Å². The van der Waals surface area contributed by atoms with Gasteiger partial charge in [0, 0.05) is 44.1 Å². The summed E-state index contributed by atoms with van der Waals surface area (Å²) in [6.07, 6.45) is 9.11. The van der Waals surface area contributed by atoms with E-state index in [-0.39, 0.29) is 6.03 Å². The van der Waals surface area contributed by atoms with Crippen molar-refractivity contribution in [2.75, 3.05) is 31.5 Å². The summed E-state index contributed by atoms with van der Waals surface area (Å²) in [6, 6.07) is 4.27. The SMILES string of the molecule is Cn1cc(-c2ccnc(NC(=O)N3CCC(N4CCCC4)C3)c2)cn1. The number of aromatic nitrogens is 3. The number of urea groups is 1. The molecule has 7 nitrogen and oxygen atoms in total. The van der Waals surface area contributed by atoms with Gasteiger partial charge in [0.15, 0.2) is 0 Å². The molecule has 2 fully saturated rings. The Kier molecular flexibility index (Phi) is 4.40. The van der Waals surface area contributed by atoms with Crippen LogP contribution in [-0.4, -0.2) is 62.8 Å². The number of amides is 2. The number of hydrogen-bond donors (Lipinski definition) is 1. The molecule has 7 heteroatoms. The Balaban J connectivity index is 1.39. The zero-order valence-corrected chi connectivity index (χ0v) is 14.6. The number of hydrogen-bond acceptors (Lipinski definition) is 4. The fourth-order valence-electron chi connectivity index (χ4n) is 3.77. The summed E-state index contributed by atoms with van der Waals surface area (Å²) in [5.74, 6) is 0.580. The summed E-state index contributed by atoms with van der Waals surface area (Å²) >= 11 is 0. The van der Waals surface area contributed by atoms with Gasteiger partial charge in [-0.3, -0.25) is 14.9 Å². The summed E-state index contributed by atoms with van der Waals surface area (Å²) in [6.45, 7) is 3.98. The van der Waals surface area contributed by atoms with E-state index in [2.05, 4.69) is 20.3 Å². The predicted molar refractivity (Wildman–Crippen MR) is 96.2 cm³/mol. The monoisotopic (exact) mass is 340 g/mol. The molecule has 4 rings (SSSR count). The number of nitrogens with one attached hydrogen (secondary N) is 1. The zero-order valence-electron chi connectivity index (χ0n) is 14.6. The molecule has 132 valence electrons. The number of pyridine rings is 1. The second-order valence-corrected chi connectivity index (χ2v) is 6.89. The van der Waals surface area contributed by atoms with Gasteiger partial charge in [0.25, 0.3) is 0 Å². The van der Waals surface area contributed by atoms with Crippen LogP contribution in [0.25, 0.3) is 11.1 Å². The van der Waals surface area contributed by atoms with Crippen LogP contribution in [0.3, 0.4) is 0 Å². The summed E-state index contributed by atoms with van der Waals surface area (Å²) in [5, 5.41) is 7.13. The molecule has 1 N–H and O–H groups in total. The molecular weight excluding hydrogens is 316 g/mol. The normalized spacial score (nSPS) is 21.0. The van der Waals surface area contributed by atoms with Crippen molar-refractivity contribution < 1.29 is 4.79 Å². The highest BCUT2D eigenvalue weighted by atomic mass is 16.2. The molecule has 0 spiro atoms. The van der Waals surface area contributed by atoms with E-state index >= 15 is 0 Å². The molecule has 2 aliphatic rings. The van der Waals surface area contributed by atoms with Gasteiger partial charge in [0.2, 0.25) is 0 Å². The number of anilines is 1. The standard InChI is InChI=1S/C18H24N6O/c1-22-12-15(11-20-22)14-4-6-19-17(10-14)21-18(25)24-9-5-16(13-24)23-7-2-3-8-23/h4,6,10-12,16H,2-3,5,7-9,13H2,1H3,(H,19,21,25). The van der Waals surface area contributed by atoms with Gasteiger partial charge in [-0.25, -0.2) is 9.78 Å². The van der Waals surface area contributed by atoms with E-state index in [0.717, 1.165) is 30.6 Å². The topological polar surface area (TPSA) is 66.3 Å². The van der Waals surface area contributed by atoms with E-state index in [9.17, 15) is 4.79 Å². The predicted octanol–water partition coefficient (Wildman–Crippen LogP) is 2.18. The fourth-order valence-corrected chi connectivity index (χ4v) is 3.77. The molecule has 25 heavy (non-hydrogen) atoms. The average Bonchev–Trinajstić information content (AvgIpc) is 3.36. The second-order valence-electron chi connectivity index (χ2n) is 6.89. The maximum absolute atomic E-state index is 12.6. The van der Waals surface area contributed by atoms with Gasteiger partial charge in [-0.05, 0) is 50.0 Å². The van der Waals surface area contributed by atoms with E-state index in [4.69, 9.17) is 0 Å². The van der Waals surface area contributed by atoms with Gasteiger partial charge in [-0.1, -0.05) is 0 Å². The lowest BCUT2D eigenvalue weighted by atomic mass is 10.1. The summed E-state index contributed by atoms with van der Waals surface area (Å²) < 4.78 is 1.76. The lowest BCUT2D eigenvalue weighted by Gasteiger charge is -2.23. The number of carbonyl (C=O) groups excluding carboxylic acids is 1. The third-order valence-electron chi connectivity index (χ3n) is 5.14. The van der Waals surface area contributed by atoms with Crippen LogP contribution in [0.2, 0.25) is 0 Å². The lowest BCUT2D eigenvalue weighted by molar-refractivity contribution is 0.210. The van der Waals surface area contributed by atoms with Gasteiger partial charge in [-0.2, -0.15) is 5.10 Å². The maximum Gasteiger partial charge on any atom is 0.323 e. The minimum absolute atomic E-state index is 0.0578. The molecule has 0 aliphatic carbocycles. The van der Waals surface area contributed by atoms with E-state index < -0.39 is 0 Å². The van der Waals surface area contributed by atoms with Crippen LogP contribution in [0.5, 0.6) is 0 Å². The van der Waals surface area contributed by atoms with Gasteiger partial charge in [0.1, 0.15) is 5.82 Å². The number of nitrogens with zero attached hydrogens (tertiary/aromatic N) is 5. The summed E-state index contributed by atoms with van der Waals surface area (Å²) in [5.41, 5.74) is 2.01. The largest absolute Gasteiger partial charge is 0.323 e. The first kappa shape index (κ1) is 16.1. The van der Waals surface area contributed by atoms with Gasteiger partial charge in [0.05, 0.1) is 6.20 Å². The first-order valence-corrected chi connectivity index (χ1v) is 8.94. The Bertz CT molecular complexity index is 752. The van der Waals surface area contributed by atoms with Gasteiger partial charge in [-0.15, -0.1) is 0 Å². The number of likely N-dealkylation sites (tertiary alicyclic amines) is 2. The molecule has 2 aromatic rings. The van der Waals surface area contributed by atoms with Crippen molar-refractivity contribution in [1.29, 1.82) is 0 Å². The quantitative estimate of drug-likeness (QED) is 0.930. The highest BCUT2D eigenvalue weighted by Gasteiger charge is 2.31. The smallest absolute Gasteiger partial charge is 0.323 e. The second kappa shape index (κ2) is 6.84. The molecule has 0 radical (unpaired) electrons. The average molecular weight is 340 g/mol. The van der Waals surface area contributed by atoms with Crippen molar-refractivity contribution >= 4 is 11.8 Å². The van der Waals surface area contributed by atoms with E-state index in [1.54, 1.807) is 10.9 Å². The van der Waals surface area contributed by atoms with Crippen LogP contribution in [-0.2, 0) is 7.05 Å². The molecule has 4 heterocycles. The third-order valence-corrected chi connectivity index (χ3v) is 5.14. The highest BCUT2D eigenvalue weighted by molar-refractivity contribution is 5.89. The zero-order chi connectivity index (χ0) is 17.2. The van der Waals surface area contributed by atoms with E-state index in [1.807, 2.05) is 36.5 Å². The molecule has 0 aromatic carbocycles. The summed E-state index contributed by atoms with van der Waals surface area (Å²) in [7, 11) is 1.89. The van der Waals surface area contributed by atoms with Crippen molar-refractivity contribution in [2.24, 2.45) is 7.05 Å². The fraction of sp³-hybridized carbons (Fsp3) is 0.500. The van der Waals surface area contributed by atoms with Crippen molar-refractivity contribution in [3.05, 3.63) is 30.7 Å². The van der Waals surface area contributed by atoms with Crippen LogP contribution in [0.4, 0.5) is 10.6 Å². The Morgan fingerprint density at radius 1 is 1.24 bits per heavy atom. The molecule has 0 bridgehead atoms. The van der Waals surface area contributed by atoms with Crippen molar-refractivity contribution in [2.45, 2.75) is 25.3 Å². The molecule has 1 atom stereocenters. The van der Waals surface area contributed by atoms with Crippen LogP contribution in [0.15, 0.2) is 30.7 Å². The minimum Gasteiger partial charge on any atom is -0.323 e. The molecule has 0 saturated carbocycles. The maximum atomic E-state index is 12.6. The first-order chi connectivity index (χ1) is 12.2. The third kappa shape index (κ3) is 3.51. The Hall–Kier alpha value is -2.41. The van der Waals surface area contributed by atoms with Gasteiger partial charge < -0.3 is 4.90 Å². The van der Waals surface area contributed by atoms with Crippen LogP contribution in [0.1, 0.15) is 19.3 Å². The van der Waals surface area contributed by atoms with Crippen molar-refractivity contribution in [1.82, 2.24) is 24.6 Å². The summed E-state index contributed by atoms with van der Waals surface area (Å²) in [4.78, 5) is 21.3. The van der Waals surface area contributed by atoms with Crippen molar-refractivity contribution in [3.8, 4) is 11.1 Å². The van der Waals surface area contributed by atoms with Gasteiger partial charge >= 0.3 is 6.03 Å². The van der Waals surface area contributed by atoms with Crippen LogP contribution < -0.4 is 5.32 Å². The van der Waals surface area contributed by atoms with E-state index in [1.165, 1.54) is 25.9 Å². The van der Waals surface area contributed by atoms with Crippen molar-refractivity contribution in [3.63, 3.8) is 0 Å². The lowest BCUT2D eigenvalue weighted by Crippen LogP contribution is -2.38. The number of rotatable bonds is 3. The Morgan fingerprint density at radius 2 is 2.08 bits per heavy atom. The number of carbonyl (C=O) groups is 1. The molecule has 2 aromatic heterocycles. The molecular formula is C18H24N6O. The molecule has 1 unspecified atom stereocenters. The highest BCUT2D eigenvalue weighted by Crippen LogP contribution is 2.23. The molecule has 2 saturated heterocycles. The minimum atomic E-state index is -0.0578. The van der Waals surface area contributed by atoms with Crippen LogP contribution in [0, 0.1) is 0 Å².